The predicted molar refractivity (Wildman–Crippen MR) is 88.1 cm³/mol. The lowest BCUT2D eigenvalue weighted by Gasteiger charge is -2.16. The summed E-state index contributed by atoms with van der Waals surface area (Å²) in [5, 5.41) is 14.8. The molecule has 0 atom stereocenters. The predicted octanol–water partition coefficient (Wildman–Crippen LogP) is 4.37. The van der Waals surface area contributed by atoms with Gasteiger partial charge in [0.05, 0.1) is 17.1 Å². The van der Waals surface area contributed by atoms with Gasteiger partial charge in [0, 0.05) is 5.02 Å². The van der Waals surface area contributed by atoms with Crippen LogP contribution in [0.2, 0.25) is 5.02 Å². The summed E-state index contributed by atoms with van der Waals surface area (Å²) in [5.41, 5.74) is 2.39. The summed E-state index contributed by atoms with van der Waals surface area (Å²) < 4.78 is 1.70. The van der Waals surface area contributed by atoms with Gasteiger partial charge in [-0.2, -0.15) is 5.10 Å². The van der Waals surface area contributed by atoms with Gasteiger partial charge in [-0.25, -0.2) is 9.48 Å². The zero-order chi connectivity index (χ0) is 16.5. The number of rotatable bonds is 4. The summed E-state index contributed by atoms with van der Waals surface area (Å²) in [7, 11) is 0. The van der Waals surface area contributed by atoms with E-state index in [1.54, 1.807) is 16.8 Å². The molecule has 0 aliphatic rings. The van der Waals surface area contributed by atoms with E-state index < -0.39 is 5.97 Å². The zero-order valence-electron chi connectivity index (χ0n) is 13.4. The molecule has 0 unspecified atom stereocenters. The Kier molecular flexibility index (Phi) is 4.61. The average molecular weight is 321 g/mol. The molecule has 1 aromatic heterocycles. The van der Waals surface area contributed by atoms with Crippen LogP contribution in [-0.2, 0) is 12.8 Å². The Balaban J connectivity index is 2.65. The second kappa shape index (κ2) is 6.13. The van der Waals surface area contributed by atoms with Gasteiger partial charge in [-0.1, -0.05) is 45.4 Å². The molecular weight excluding hydrogens is 300 g/mol. The number of carboxylic acids is 1. The van der Waals surface area contributed by atoms with Gasteiger partial charge in [-0.3, -0.25) is 0 Å². The molecule has 0 radical (unpaired) electrons. The lowest BCUT2D eigenvalue weighted by molar-refractivity contribution is 0.0694. The Bertz CT molecular complexity index is 699. The van der Waals surface area contributed by atoms with E-state index in [1.807, 2.05) is 19.1 Å². The molecule has 0 fully saturated rings. The van der Waals surface area contributed by atoms with E-state index in [-0.39, 0.29) is 5.41 Å². The van der Waals surface area contributed by atoms with Crippen LogP contribution in [0.3, 0.4) is 0 Å². The molecule has 0 saturated carbocycles. The minimum absolute atomic E-state index is 0.0390. The number of carboxylic acid groups (broad SMARTS) is 1. The second-order valence-corrected chi connectivity index (χ2v) is 6.99. The fraction of sp³-hybridized carbons (Fsp3) is 0.412. The van der Waals surface area contributed by atoms with E-state index in [0.717, 1.165) is 5.69 Å². The maximum absolute atomic E-state index is 11.7. The highest BCUT2D eigenvalue weighted by Gasteiger charge is 2.26. The third-order valence-electron chi connectivity index (χ3n) is 3.35. The quantitative estimate of drug-likeness (QED) is 0.909. The van der Waals surface area contributed by atoms with Crippen molar-refractivity contribution < 1.29 is 9.90 Å². The van der Waals surface area contributed by atoms with Gasteiger partial charge < -0.3 is 5.11 Å². The van der Waals surface area contributed by atoms with Crippen LogP contribution in [0.15, 0.2) is 24.3 Å². The van der Waals surface area contributed by atoms with Gasteiger partial charge in [0.1, 0.15) is 5.56 Å². The highest BCUT2D eigenvalue weighted by atomic mass is 35.5. The molecule has 0 spiro atoms. The smallest absolute Gasteiger partial charge is 0.339 e. The first-order chi connectivity index (χ1) is 10.2. The van der Waals surface area contributed by atoms with Crippen molar-refractivity contribution in [2.45, 2.75) is 40.5 Å². The van der Waals surface area contributed by atoms with Crippen LogP contribution in [0.4, 0.5) is 0 Å². The summed E-state index contributed by atoms with van der Waals surface area (Å²) in [6.07, 6.45) is 1.19. The first kappa shape index (κ1) is 16.6. The fourth-order valence-corrected chi connectivity index (χ4v) is 2.71. The second-order valence-electron chi connectivity index (χ2n) is 6.56. The average Bonchev–Trinajstić information content (AvgIpc) is 2.74. The van der Waals surface area contributed by atoms with Crippen LogP contribution in [0, 0.1) is 5.41 Å². The van der Waals surface area contributed by atoms with Crippen molar-refractivity contribution in [3.05, 3.63) is 46.2 Å². The largest absolute Gasteiger partial charge is 0.478 e. The van der Waals surface area contributed by atoms with E-state index in [4.69, 9.17) is 11.6 Å². The first-order valence-electron chi connectivity index (χ1n) is 7.33. The highest BCUT2D eigenvalue weighted by molar-refractivity contribution is 6.30. The molecule has 1 aromatic carbocycles. The fourth-order valence-electron chi connectivity index (χ4n) is 2.52. The third-order valence-corrected chi connectivity index (χ3v) is 3.59. The number of benzene rings is 1. The molecule has 2 aromatic rings. The number of nitrogens with zero attached hydrogens (tertiary/aromatic N) is 2. The molecule has 2 rings (SSSR count). The van der Waals surface area contributed by atoms with Gasteiger partial charge in [-0.05, 0) is 36.5 Å². The molecule has 0 amide bonds. The Hall–Kier alpha value is -1.81. The van der Waals surface area contributed by atoms with Crippen molar-refractivity contribution in [2.24, 2.45) is 5.41 Å². The monoisotopic (exact) mass is 320 g/mol. The van der Waals surface area contributed by atoms with Crippen molar-refractivity contribution in [1.29, 1.82) is 0 Å². The Labute approximate surface area is 135 Å². The van der Waals surface area contributed by atoms with Crippen molar-refractivity contribution in [3.8, 4) is 5.69 Å². The van der Waals surface area contributed by atoms with E-state index >= 15 is 0 Å². The van der Waals surface area contributed by atoms with Crippen LogP contribution < -0.4 is 0 Å². The van der Waals surface area contributed by atoms with E-state index in [9.17, 15) is 9.90 Å². The maximum Gasteiger partial charge on any atom is 0.339 e. The molecule has 1 heterocycles. The lowest BCUT2D eigenvalue weighted by atomic mass is 9.89. The summed E-state index contributed by atoms with van der Waals surface area (Å²) >= 11 is 6.05. The molecule has 1 N–H and O–H groups in total. The molecule has 0 bridgehead atoms. The standard InChI is InChI=1S/C17H21ClN2O2/c1-5-14-15(16(21)22)13(10-17(2,3)4)19-20(14)12-8-6-7-11(18)9-12/h6-9H,5,10H2,1-4H3,(H,21,22). The summed E-state index contributed by atoms with van der Waals surface area (Å²) in [6.45, 7) is 8.15. The third kappa shape index (κ3) is 3.50. The molecule has 5 heteroatoms. The summed E-state index contributed by atoms with van der Waals surface area (Å²) in [4.78, 5) is 11.7. The van der Waals surface area contributed by atoms with Gasteiger partial charge in [-0.15, -0.1) is 0 Å². The maximum atomic E-state index is 11.7. The Morgan fingerprint density at radius 3 is 2.55 bits per heavy atom. The minimum atomic E-state index is -0.927. The normalized spacial score (nSPS) is 11.7. The number of aromatic nitrogens is 2. The topological polar surface area (TPSA) is 55.1 Å². The Morgan fingerprint density at radius 1 is 1.36 bits per heavy atom. The number of hydrogen-bond donors (Lipinski definition) is 1. The number of carbonyl (C=O) groups is 1. The van der Waals surface area contributed by atoms with Crippen LogP contribution in [0.1, 0.15) is 49.4 Å². The van der Waals surface area contributed by atoms with E-state index in [1.165, 1.54) is 0 Å². The molecule has 4 nitrogen and oxygen atoms in total. The number of halogens is 1. The molecule has 0 saturated heterocycles. The van der Waals surface area contributed by atoms with Crippen molar-refractivity contribution in [3.63, 3.8) is 0 Å². The molecule has 0 aliphatic heterocycles. The molecule has 118 valence electrons. The summed E-state index contributed by atoms with van der Waals surface area (Å²) in [5.74, 6) is -0.927. The molecular formula is C17H21ClN2O2. The number of aromatic carboxylic acids is 1. The number of hydrogen-bond acceptors (Lipinski definition) is 2. The van der Waals surface area contributed by atoms with Crippen LogP contribution >= 0.6 is 11.6 Å². The van der Waals surface area contributed by atoms with Gasteiger partial charge in [0.2, 0.25) is 0 Å². The molecule has 22 heavy (non-hydrogen) atoms. The molecule has 0 aliphatic carbocycles. The van der Waals surface area contributed by atoms with Crippen molar-refractivity contribution in [2.75, 3.05) is 0 Å². The van der Waals surface area contributed by atoms with Gasteiger partial charge in [0.15, 0.2) is 0 Å². The zero-order valence-corrected chi connectivity index (χ0v) is 14.1. The van der Waals surface area contributed by atoms with Crippen LogP contribution in [0.5, 0.6) is 0 Å². The van der Waals surface area contributed by atoms with Gasteiger partial charge in [0.25, 0.3) is 0 Å². The Morgan fingerprint density at radius 2 is 2.05 bits per heavy atom. The van der Waals surface area contributed by atoms with Crippen LogP contribution in [-0.4, -0.2) is 20.9 Å². The van der Waals surface area contributed by atoms with Crippen molar-refractivity contribution >= 4 is 17.6 Å². The first-order valence-corrected chi connectivity index (χ1v) is 7.70. The highest BCUT2D eigenvalue weighted by Crippen LogP contribution is 2.27. The van der Waals surface area contributed by atoms with Crippen molar-refractivity contribution in [1.82, 2.24) is 9.78 Å². The van der Waals surface area contributed by atoms with E-state index in [2.05, 4.69) is 25.9 Å². The van der Waals surface area contributed by atoms with Gasteiger partial charge >= 0.3 is 5.97 Å². The minimum Gasteiger partial charge on any atom is -0.478 e. The van der Waals surface area contributed by atoms with E-state index in [0.29, 0.717) is 34.8 Å². The van der Waals surface area contributed by atoms with Crippen LogP contribution in [0.25, 0.3) is 5.69 Å². The summed E-state index contributed by atoms with van der Waals surface area (Å²) in [6, 6.07) is 7.29. The SMILES string of the molecule is CCc1c(C(=O)O)c(CC(C)(C)C)nn1-c1cccc(Cl)c1. The lowest BCUT2D eigenvalue weighted by Crippen LogP contribution is -2.13.